The van der Waals surface area contributed by atoms with E-state index in [9.17, 15) is 9.59 Å². The molecule has 0 aliphatic carbocycles. The van der Waals surface area contributed by atoms with Crippen LogP contribution in [0.4, 0.5) is 0 Å². The summed E-state index contributed by atoms with van der Waals surface area (Å²) in [6.07, 6.45) is 4.83. The maximum atomic E-state index is 12.8. The van der Waals surface area contributed by atoms with Crippen LogP contribution >= 0.6 is 0 Å². The lowest BCUT2D eigenvalue weighted by Gasteiger charge is -2.35. The number of aromatic nitrogens is 2. The summed E-state index contributed by atoms with van der Waals surface area (Å²) >= 11 is 0. The first-order valence-electron chi connectivity index (χ1n) is 10.8. The van der Waals surface area contributed by atoms with Crippen molar-refractivity contribution in [3.8, 4) is 5.75 Å². The molecule has 2 heterocycles. The van der Waals surface area contributed by atoms with Gasteiger partial charge in [-0.25, -0.2) is 0 Å². The summed E-state index contributed by atoms with van der Waals surface area (Å²) in [7, 11) is 1.68. The highest BCUT2D eigenvalue weighted by Gasteiger charge is 2.25. The summed E-state index contributed by atoms with van der Waals surface area (Å²) in [5.74, 6) is 0.693. The number of para-hydroxylation sites is 2. The fraction of sp³-hybridized carbons (Fsp3) is 0.375. The predicted molar refractivity (Wildman–Crippen MR) is 120 cm³/mol. The number of likely N-dealkylation sites (tertiary alicyclic amines) is 1. The van der Waals surface area contributed by atoms with Crippen LogP contribution in [0.1, 0.15) is 30.9 Å². The van der Waals surface area contributed by atoms with Gasteiger partial charge in [0, 0.05) is 17.5 Å². The number of nitrogens with one attached hydrogen (secondary N) is 1. The van der Waals surface area contributed by atoms with Gasteiger partial charge >= 0.3 is 0 Å². The van der Waals surface area contributed by atoms with Crippen LogP contribution in [0.15, 0.2) is 59.5 Å². The monoisotopic (exact) mass is 420 g/mol. The lowest BCUT2D eigenvalue weighted by molar-refractivity contribution is -0.122. The van der Waals surface area contributed by atoms with E-state index in [1.165, 1.54) is 12.6 Å². The van der Waals surface area contributed by atoms with Gasteiger partial charge in [-0.2, -0.15) is 5.10 Å². The highest BCUT2D eigenvalue weighted by molar-refractivity contribution is 5.81. The first-order chi connectivity index (χ1) is 15.2. The van der Waals surface area contributed by atoms with E-state index < -0.39 is 0 Å². The van der Waals surface area contributed by atoms with Crippen molar-refractivity contribution in [2.24, 2.45) is 0 Å². The number of hydrogen-bond acceptors (Lipinski definition) is 5. The van der Waals surface area contributed by atoms with Gasteiger partial charge in [0.2, 0.25) is 11.3 Å². The molecule has 31 heavy (non-hydrogen) atoms. The third kappa shape index (κ3) is 4.77. The van der Waals surface area contributed by atoms with Crippen LogP contribution in [0.3, 0.4) is 0 Å². The molecule has 1 aromatic heterocycles. The zero-order valence-electron chi connectivity index (χ0n) is 17.8. The van der Waals surface area contributed by atoms with Gasteiger partial charge in [0.05, 0.1) is 24.9 Å². The molecule has 0 radical (unpaired) electrons. The van der Waals surface area contributed by atoms with Gasteiger partial charge in [0.25, 0.3) is 0 Å². The topological polar surface area (TPSA) is 76.5 Å². The number of nitrogens with zero attached hydrogens (tertiary/aromatic N) is 3. The standard InChI is InChI=1S/C24H28N4O3/c1-31-23-12-6-4-10-19(23)21(27-13-7-2-8-14-27)15-25-24(30)17-28-20-11-5-3-9-18(20)22(29)16-26-28/h3-6,9-12,16,21H,2,7-8,13-15,17H2,1H3,(H,25,30). The Bertz CT molecular complexity index is 1110. The minimum atomic E-state index is -0.145. The number of methoxy groups -OCH3 is 1. The third-order valence-corrected chi connectivity index (χ3v) is 5.88. The third-order valence-electron chi connectivity index (χ3n) is 5.88. The number of carbonyl (C=O) groups excluding carboxylic acids is 1. The van der Waals surface area contributed by atoms with Crippen LogP contribution in [0.25, 0.3) is 10.9 Å². The van der Waals surface area contributed by atoms with Crippen molar-refractivity contribution in [1.29, 1.82) is 0 Å². The molecule has 7 nitrogen and oxygen atoms in total. The van der Waals surface area contributed by atoms with Crippen molar-refractivity contribution in [2.45, 2.75) is 31.8 Å². The first-order valence-corrected chi connectivity index (χ1v) is 10.8. The Labute approximate surface area is 181 Å². The molecule has 1 aliphatic heterocycles. The molecule has 3 aromatic rings. The molecular formula is C24H28N4O3. The molecule has 0 saturated carbocycles. The fourth-order valence-electron chi connectivity index (χ4n) is 4.30. The zero-order chi connectivity index (χ0) is 21.6. The second-order valence-corrected chi connectivity index (χ2v) is 7.84. The normalized spacial score (nSPS) is 15.5. The first kappa shape index (κ1) is 21.1. The largest absolute Gasteiger partial charge is 0.496 e. The number of ether oxygens (including phenoxy) is 1. The maximum Gasteiger partial charge on any atom is 0.241 e. The van der Waals surface area contributed by atoms with Gasteiger partial charge < -0.3 is 10.1 Å². The number of amides is 1. The Kier molecular flexibility index (Phi) is 6.62. The van der Waals surface area contributed by atoms with E-state index in [1.807, 2.05) is 36.4 Å². The highest BCUT2D eigenvalue weighted by atomic mass is 16.5. The average molecular weight is 421 g/mol. The Morgan fingerprint density at radius 2 is 1.84 bits per heavy atom. The molecule has 0 spiro atoms. The van der Waals surface area contributed by atoms with E-state index in [4.69, 9.17) is 4.74 Å². The van der Waals surface area contributed by atoms with Crippen molar-refractivity contribution in [2.75, 3.05) is 26.7 Å². The van der Waals surface area contributed by atoms with Gasteiger partial charge in [-0.1, -0.05) is 36.8 Å². The lowest BCUT2D eigenvalue weighted by Crippen LogP contribution is -2.41. The van der Waals surface area contributed by atoms with E-state index in [0.717, 1.165) is 37.2 Å². The molecule has 1 unspecified atom stereocenters. The summed E-state index contributed by atoms with van der Waals surface area (Å²) < 4.78 is 7.17. The molecule has 2 aromatic carbocycles. The molecule has 7 heteroatoms. The van der Waals surface area contributed by atoms with Crippen LogP contribution in [-0.4, -0.2) is 47.3 Å². The summed E-state index contributed by atoms with van der Waals surface area (Å²) in [6, 6.07) is 15.2. The number of hydrogen-bond donors (Lipinski definition) is 1. The van der Waals surface area contributed by atoms with E-state index >= 15 is 0 Å². The van der Waals surface area contributed by atoms with Crippen molar-refractivity contribution in [3.63, 3.8) is 0 Å². The van der Waals surface area contributed by atoms with Crippen molar-refractivity contribution in [1.82, 2.24) is 20.0 Å². The van der Waals surface area contributed by atoms with Crippen molar-refractivity contribution >= 4 is 16.8 Å². The van der Waals surface area contributed by atoms with E-state index in [0.29, 0.717) is 17.4 Å². The Balaban J connectivity index is 1.51. The SMILES string of the molecule is COc1ccccc1C(CNC(=O)Cn1ncc(=O)c2ccccc21)N1CCCCC1. The van der Waals surface area contributed by atoms with Crippen molar-refractivity contribution < 1.29 is 9.53 Å². The van der Waals surface area contributed by atoms with Gasteiger partial charge in [-0.3, -0.25) is 19.2 Å². The number of rotatable bonds is 7. The molecule has 1 amide bonds. The lowest BCUT2D eigenvalue weighted by atomic mass is 10.0. The summed E-state index contributed by atoms with van der Waals surface area (Å²) in [5, 5.41) is 7.81. The van der Waals surface area contributed by atoms with Crippen molar-refractivity contribution in [3.05, 3.63) is 70.5 Å². The second kappa shape index (κ2) is 9.75. The highest BCUT2D eigenvalue weighted by Crippen LogP contribution is 2.30. The smallest absolute Gasteiger partial charge is 0.241 e. The molecule has 4 rings (SSSR count). The Morgan fingerprint density at radius 1 is 1.10 bits per heavy atom. The molecule has 1 atom stereocenters. The minimum absolute atomic E-state index is 0.0409. The van der Waals surface area contributed by atoms with Gasteiger partial charge in [-0.05, 0) is 44.1 Å². The fourth-order valence-corrected chi connectivity index (χ4v) is 4.30. The van der Waals surface area contributed by atoms with Gasteiger partial charge in [-0.15, -0.1) is 0 Å². The molecule has 162 valence electrons. The van der Waals surface area contributed by atoms with Crippen LogP contribution in [-0.2, 0) is 11.3 Å². The summed E-state index contributed by atoms with van der Waals surface area (Å²) in [4.78, 5) is 27.3. The predicted octanol–water partition coefficient (Wildman–Crippen LogP) is 2.75. The van der Waals surface area contributed by atoms with E-state index in [1.54, 1.807) is 17.9 Å². The van der Waals surface area contributed by atoms with Crippen LogP contribution < -0.4 is 15.5 Å². The maximum absolute atomic E-state index is 12.8. The summed E-state index contributed by atoms with van der Waals surface area (Å²) in [5.41, 5.74) is 1.59. The minimum Gasteiger partial charge on any atom is -0.496 e. The number of fused-ring (bicyclic) bond motifs is 1. The molecule has 1 fully saturated rings. The number of benzene rings is 2. The van der Waals surface area contributed by atoms with E-state index in [-0.39, 0.29) is 23.9 Å². The molecule has 1 aliphatic rings. The molecule has 0 bridgehead atoms. The molecule has 1 saturated heterocycles. The van der Waals surface area contributed by atoms with Crippen LogP contribution in [0, 0.1) is 0 Å². The second-order valence-electron chi connectivity index (χ2n) is 7.84. The molecule has 1 N–H and O–H groups in total. The van der Waals surface area contributed by atoms with Gasteiger partial charge in [0.1, 0.15) is 12.3 Å². The van der Waals surface area contributed by atoms with Gasteiger partial charge in [0.15, 0.2) is 0 Å². The average Bonchev–Trinajstić information content (AvgIpc) is 2.82. The van der Waals surface area contributed by atoms with Crippen LogP contribution in [0.5, 0.6) is 5.75 Å². The van der Waals surface area contributed by atoms with Crippen LogP contribution in [0.2, 0.25) is 0 Å². The zero-order valence-corrected chi connectivity index (χ0v) is 17.8. The Hall–Kier alpha value is -3.19. The quantitative estimate of drug-likeness (QED) is 0.636. The number of piperidine rings is 1. The molecular weight excluding hydrogens is 392 g/mol. The summed E-state index contributed by atoms with van der Waals surface area (Å²) in [6.45, 7) is 2.55. The van der Waals surface area contributed by atoms with E-state index in [2.05, 4.69) is 21.4 Å². The Morgan fingerprint density at radius 3 is 2.65 bits per heavy atom. The number of carbonyl (C=O) groups is 1.